The zero-order valence-electron chi connectivity index (χ0n) is 12.8. The first-order valence-electron chi connectivity index (χ1n) is 7.54. The van der Waals surface area contributed by atoms with E-state index in [1.807, 2.05) is 0 Å². The number of nitrogens with zero attached hydrogens (tertiary/aromatic N) is 1. The van der Waals surface area contributed by atoms with Crippen molar-refractivity contribution >= 4 is 0 Å². The molecule has 0 saturated heterocycles. The number of hydrogen-bond acceptors (Lipinski definition) is 1. The summed E-state index contributed by atoms with van der Waals surface area (Å²) < 4.78 is 0. The molecule has 0 unspecified atom stereocenters. The van der Waals surface area contributed by atoms with E-state index in [2.05, 4.69) is 79.4 Å². The lowest BCUT2D eigenvalue weighted by Gasteiger charge is -2.15. The number of rotatable bonds is 1. The SMILES string of the molecule is CN(C)CC#CC1c2ccccc2CCc2ccccc21. The Morgan fingerprint density at radius 3 is 1.95 bits per heavy atom. The maximum atomic E-state index is 3.51. The molecule has 1 nitrogen and oxygen atoms in total. The van der Waals surface area contributed by atoms with Crippen molar-refractivity contribution in [3.05, 3.63) is 70.8 Å². The standard InChI is InChI=1S/C20H21N/c1-21(2)15-7-12-20-18-10-5-3-8-16(18)13-14-17-9-4-6-11-19(17)20/h3-6,8-11,20H,13-15H2,1-2H3. The van der Waals surface area contributed by atoms with Crippen molar-refractivity contribution in [2.24, 2.45) is 0 Å². The molecule has 0 N–H and O–H groups in total. The molecular formula is C20H21N. The maximum absolute atomic E-state index is 3.51. The third-order valence-electron chi connectivity index (χ3n) is 4.04. The first-order chi connectivity index (χ1) is 10.3. The van der Waals surface area contributed by atoms with Crippen LogP contribution in [0.1, 0.15) is 28.2 Å². The summed E-state index contributed by atoms with van der Waals surface area (Å²) in [7, 11) is 4.12. The number of fused-ring (bicyclic) bond motifs is 2. The van der Waals surface area contributed by atoms with Crippen LogP contribution in [0.3, 0.4) is 0 Å². The van der Waals surface area contributed by atoms with E-state index in [0.29, 0.717) is 0 Å². The molecule has 0 amide bonds. The quantitative estimate of drug-likeness (QED) is 0.720. The van der Waals surface area contributed by atoms with Gasteiger partial charge in [-0.2, -0.15) is 0 Å². The van der Waals surface area contributed by atoms with Crippen LogP contribution in [0.5, 0.6) is 0 Å². The lowest BCUT2D eigenvalue weighted by molar-refractivity contribution is 0.463. The summed E-state index contributed by atoms with van der Waals surface area (Å²) in [6, 6.07) is 17.5. The second-order valence-electron chi connectivity index (χ2n) is 5.89. The summed E-state index contributed by atoms with van der Waals surface area (Å²) in [6.07, 6.45) is 2.22. The van der Waals surface area contributed by atoms with Crippen molar-refractivity contribution in [1.82, 2.24) is 4.90 Å². The Kier molecular flexibility index (Phi) is 4.08. The molecule has 0 aliphatic heterocycles. The molecule has 2 aromatic rings. The Balaban J connectivity index is 2.08. The first-order valence-corrected chi connectivity index (χ1v) is 7.54. The van der Waals surface area contributed by atoms with E-state index in [0.717, 1.165) is 19.4 Å². The van der Waals surface area contributed by atoms with Gasteiger partial charge in [0.2, 0.25) is 0 Å². The van der Waals surface area contributed by atoms with Gasteiger partial charge in [0.25, 0.3) is 0 Å². The highest BCUT2D eigenvalue weighted by atomic mass is 15.0. The topological polar surface area (TPSA) is 3.24 Å². The minimum absolute atomic E-state index is 0.208. The average Bonchev–Trinajstić information content (AvgIpc) is 2.65. The second-order valence-corrected chi connectivity index (χ2v) is 5.89. The van der Waals surface area contributed by atoms with Gasteiger partial charge in [-0.1, -0.05) is 60.4 Å². The van der Waals surface area contributed by atoms with Crippen molar-refractivity contribution < 1.29 is 0 Å². The van der Waals surface area contributed by atoms with E-state index in [9.17, 15) is 0 Å². The molecule has 0 atom stereocenters. The zero-order valence-corrected chi connectivity index (χ0v) is 12.8. The normalized spacial score (nSPS) is 13.9. The lowest BCUT2D eigenvalue weighted by Crippen LogP contribution is -2.11. The molecular weight excluding hydrogens is 254 g/mol. The molecule has 1 aliphatic carbocycles. The highest BCUT2D eigenvalue weighted by Crippen LogP contribution is 2.33. The fraction of sp³-hybridized carbons (Fsp3) is 0.300. The molecule has 1 aliphatic rings. The maximum Gasteiger partial charge on any atom is 0.0707 e. The van der Waals surface area contributed by atoms with Crippen molar-refractivity contribution in [3.63, 3.8) is 0 Å². The van der Waals surface area contributed by atoms with E-state index in [1.54, 1.807) is 0 Å². The minimum atomic E-state index is 0.208. The Labute approximate surface area is 127 Å². The third-order valence-corrected chi connectivity index (χ3v) is 4.04. The van der Waals surface area contributed by atoms with Gasteiger partial charge in [-0.3, -0.25) is 4.90 Å². The van der Waals surface area contributed by atoms with E-state index in [1.165, 1.54) is 22.3 Å². The molecule has 21 heavy (non-hydrogen) atoms. The minimum Gasteiger partial charge on any atom is -0.299 e. The predicted octanol–water partition coefficient (Wildman–Crippen LogP) is 3.48. The van der Waals surface area contributed by atoms with Crippen molar-refractivity contribution in [3.8, 4) is 11.8 Å². The fourth-order valence-electron chi connectivity index (χ4n) is 2.99. The van der Waals surface area contributed by atoms with E-state index >= 15 is 0 Å². The molecule has 0 saturated carbocycles. The molecule has 0 heterocycles. The number of benzene rings is 2. The van der Waals surface area contributed by atoms with Crippen LogP contribution in [0.25, 0.3) is 0 Å². The summed E-state index contributed by atoms with van der Waals surface area (Å²) in [4.78, 5) is 2.11. The Morgan fingerprint density at radius 2 is 1.43 bits per heavy atom. The second kappa shape index (κ2) is 6.16. The summed E-state index contributed by atoms with van der Waals surface area (Å²) in [5.41, 5.74) is 5.65. The van der Waals surface area contributed by atoms with Crippen LogP contribution >= 0.6 is 0 Å². The molecule has 0 aromatic heterocycles. The van der Waals surface area contributed by atoms with E-state index in [-0.39, 0.29) is 5.92 Å². The lowest BCUT2D eigenvalue weighted by atomic mass is 9.88. The van der Waals surface area contributed by atoms with Crippen molar-refractivity contribution in [1.29, 1.82) is 0 Å². The number of hydrogen-bond donors (Lipinski definition) is 0. The van der Waals surface area contributed by atoms with Crippen LogP contribution in [0.2, 0.25) is 0 Å². The molecule has 3 rings (SSSR count). The highest BCUT2D eigenvalue weighted by molar-refractivity contribution is 5.49. The molecule has 0 bridgehead atoms. The van der Waals surface area contributed by atoms with Crippen LogP contribution in [0.15, 0.2) is 48.5 Å². The summed E-state index contributed by atoms with van der Waals surface area (Å²) in [5, 5.41) is 0. The molecule has 106 valence electrons. The Hall–Kier alpha value is -2.04. The van der Waals surface area contributed by atoms with Gasteiger partial charge in [0.05, 0.1) is 12.5 Å². The van der Waals surface area contributed by atoms with Gasteiger partial charge in [0, 0.05) is 0 Å². The molecule has 2 aromatic carbocycles. The van der Waals surface area contributed by atoms with Crippen LogP contribution in [-0.2, 0) is 12.8 Å². The van der Waals surface area contributed by atoms with Gasteiger partial charge >= 0.3 is 0 Å². The Morgan fingerprint density at radius 1 is 0.905 bits per heavy atom. The molecule has 1 heteroatoms. The van der Waals surface area contributed by atoms with Gasteiger partial charge in [-0.15, -0.1) is 0 Å². The Bertz CT molecular complexity index is 641. The van der Waals surface area contributed by atoms with Crippen LogP contribution < -0.4 is 0 Å². The summed E-state index contributed by atoms with van der Waals surface area (Å²) >= 11 is 0. The van der Waals surface area contributed by atoms with Gasteiger partial charge in [0.15, 0.2) is 0 Å². The third kappa shape index (κ3) is 3.01. The van der Waals surface area contributed by atoms with Gasteiger partial charge in [-0.25, -0.2) is 0 Å². The highest BCUT2D eigenvalue weighted by Gasteiger charge is 2.21. The largest absolute Gasteiger partial charge is 0.299 e. The molecule has 0 fully saturated rings. The fourth-order valence-corrected chi connectivity index (χ4v) is 2.99. The van der Waals surface area contributed by atoms with Crippen molar-refractivity contribution in [2.45, 2.75) is 18.8 Å². The van der Waals surface area contributed by atoms with Gasteiger partial charge in [0.1, 0.15) is 0 Å². The van der Waals surface area contributed by atoms with E-state index < -0.39 is 0 Å². The van der Waals surface area contributed by atoms with Crippen LogP contribution in [-0.4, -0.2) is 25.5 Å². The summed E-state index contributed by atoms with van der Waals surface area (Å²) in [5.74, 6) is 7.06. The first kappa shape index (κ1) is 13.9. The predicted molar refractivity (Wildman–Crippen MR) is 88.5 cm³/mol. The van der Waals surface area contributed by atoms with Crippen LogP contribution in [0, 0.1) is 11.8 Å². The smallest absolute Gasteiger partial charge is 0.0707 e. The summed E-state index contributed by atoms with van der Waals surface area (Å²) in [6.45, 7) is 0.806. The van der Waals surface area contributed by atoms with Gasteiger partial charge in [-0.05, 0) is 49.2 Å². The monoisotopic (exact) mass is 275 g/mol. The van der Waals surface area contributed by atoms with Crippen molar-refractivity contribution in [2.75, 3.05) is 20.6 Å². The van der Waals surface area contributed by atoms with Crippen LogP contribution in [0.4, 0.5) is 0 Å². The van der Waals surface area contributed by atoms with E-state index in [4.69, 9.17) is 0 Å². The van der Waals surface area contributed by atoms with Gasteiger partial charge < -0.3 is 0 Å². The number of aryl methyl sites for hydroxylation is 2. The average molecular weight is 275 g/mol. The molecule has 0 spiro atoms. The molecule has 0 radical (unpaired) electrons. The zero-order chi connectivity index (χ0) is 14.7.